The molecule has 0 radical (unpaired) electrons. The highest BCUT2D eigenvalue weighted by Gasteiger charge is 2.40. The molecule has 122 valence electrons. The van der Waals surface area contributed by atoms with E-state index >= 15 is 0 Å². The second-order valence-electron chi connectivity index (χ2n) is 6.13. The van der Waals surface area contributed by atoms with Crippen LogP contribution < -0.4 is 0 Å². The van der Waals surface area contributed by atoms with Gasteiger partial charge in [-0.25, -0.2) is 4.98 Å². The van der Waals surface area contributed by atoms with Crippen molar-refractivity contribution in [3.8, 4) is 0 Å². The molecular formula is C17H20N2O3S. The third-order valence-corrected chi connectivity index (χ3v) is 5.60. The van der Waals surface area contributed by atoms with Crippen molar-refractivity contribution in [3.05, 3.63) is 29.3 Å². The molecule has 1 aromatic carbocycles. The number of benzene rings is 1. The molecule has 2 aromatic rings. The maximum absolute atomic E-state index is 12.2. The molecular weight excluding hydrogens is 312 g/mol. The molecule has 0 unspecified atom stereocenters. The summed E-state index contributed by atoms with van der Waals surface area (Å²) in [5, 5.41) is 0.879. The Balaban J connectivity index is 1.60. The van der Waals surface area contributed by atoms with Crippen LogP contribution in [0.4, 0.5) is 0 Å². The van der Waals surface area contributed by atoms with Gasteiger partial charge in [-0.05, 0) is 31.4 Å². The van der Waals surface area contributed by atoms with Crippen molar-refractivity contribution in [2.24, 2.45) is 11.8 Å². The van der Waals surface area contributed by atoms with Gasteiger partial charge < -0.3 is 9.64 Å². The molecule has 0 saturated heterocycles. The van der Waals surface area contributed by atoms with Crippen molar-refractivity contribution in [2.45, 2.75) is 26.3 Å². The van der Waals surface area contributed by atoms with Crippen LogP contribution in [-0.4, -0.2) is 35.4 Å². The molecule has 1 aliphatic carbocycles. The molecule has 3 atom stereocenters. The Hall–Kier alpha value is -1.95. The Morgan fingerprint density at radius 3 is 2.78 bits per heavy atom. The summed E-state index contributed by atoms with van der Waals surface area (Å²) in [6.45, 7) is 3.74. The zero-order valence-electron chi connectivity index (χ0n) is 13.5. The molecule has 1 saturated carbocycles. The van der Waals surface area contributed by atoms with Crippen LogP contribution in [0.25, 0.3) is 10.2 Å². The SMILES string of the molecule is C[C@@H]1C[C@@H]1C(=O)OCC(=O)N(C)[C@@H](C)c1nc2ccccc2s1. The van der Waals surface area contributed by atoms with Gasteiger partial charge in [0.15, 0.2) is 6.61 Å². The number of esters is 1. The first-order valence-corrected chi connectivity index (χ1v) is 8.56. The van der Waals surface area contributed by atoms with Crippen molar-refractivity contribution < 1.29 is 14.3 Å². The van der Waals surface area contributed by atoms with E-state index in [2.05, 4.69) is 4.98 Å². The summed E-state index contributed by atoms with van der Waals surface area (Å²) in [7, 11) is 1.71. The second kappa shape index (κ2) is 6.28. The molecule has 5 nitrogen and oxygen atoms in total. The van der Waals surface area contributed by atoms with Crippen LogP contribution in [0.2, 0.25) is 0 Å². The van der Waals surface area contributed by atoms with Gasteiger partial charge in [0.1, 0.15) is 5.01 Å². The quantitative estimate of drug-likeness (QED) is 0.790. The predicted molar refractivity (Wildman–Crippen MR) is 89.0 cm³/mol. The van der Waals surface area contributed by atoms with Crippen LogP contribution in [-0.2, 0) is 14.3 Å². The number of fused-ring (bicyclic) bond motifs is 1. The Morgan fingerprint density at radius 2 is 2.13 bits per heavy atom. The smallest absolute Gasteiger partial charge is 0.309 e. The number of thiazole rings is 1. The number of para-hydroxylation sites is 1. The van der Waals surface area contributed by atoms with E-state index in [1.54, 1.807) is 23.3 Å². The number of nitrogens with zero attached hydrogens (tertiary/aromatic N) is 2. The fourth-order valence-corrected chi connectivity index (χ4v) is 3.51. The summed E-state index contributed by atoms with van der Waals surface area (Å²) in [4.78, 5) is 30.1. The third-order valence-electron chi connectivity index (χ3n) is 4.39. The van der Waals surface area contributed by atoms with Crippen LogP contribution in [0.1, 0.15) is 31.3 Å². The third kappa shape index (κ3) is 3.37. The van der Waals surface area contributed by atoms with Crippen LogP contribution >= 0.6 is 11.3 Å². The van der Waals surface area contributed by atoms with Crippen LogP contribution in [0.3, 0.4) is 0 Å². The Bertz CT molecular complexity index is 709. The first kappa shape index (κ1) is 15.9. The molecule has 23 heavy (non-hydrogen) atoms. The minimum absolute atomic E-state index is 0.0187. The van der Waals surface area contributed by atoms with Gasteiger partial charge in [-0.1, -0.05) is 19.1 Å². The minimum Gasteiger partial charge on any atom is -0.455 e. The van der Waals surface area contributed by atoms with E-state index in [9.17, 15) is 9.59 Å². The van der Waals surface area contributed by atoms with Gasteiger partial charge in [0.2, 0.25) is 0 Å². The second-order valence-corrected chi connectivity index (χ2v) is 7.19. The number of likely N-dealkylation sites (N-methyl/N-ethyl adjacent to an activating group) is 1. The van der Waals surface area contributed by atoms with Gasteiger partial charge in [0.25, 0.3) is 5.91 Å². The predicted octanol–water partition coefficient (Wildman–Crippen LogP) is 3.01. The number of carbonyl (C=O) groups is 2. The van der Waals surface area contributed by atoms with E-state index in [-0.39, 0.29) is 30.4 Å². The number of hydrogen-bond acceptors (Lipinski definition) is 5. The van der Waals surface area contributed by atoms with Crippen LogP contribution in [0.5, 0.6) is 0 Å². The highest BCUT2D eigenvalue weighted by molar-refractivity contribution is 7.18. The van der Waals surface area contributed by atoms with Crippen molar-refractivity contribution >= 4 is 33.4 Å². The molecule has 1 aromatic heterocycles. The molecule has 3 rings (SSSR count). The van der Waals surface area contributed by atoms with E-state index in [1.165, 1.54) is 0 Å². The van der Waals surface area contributed by atoms with Crippen LogP contribution in [0.15, 0.2) is 24.3 Å². The first-order valence-electron chi connectivity index (χ1n) is 7.75. The van der Waals surface area contributed by atoms with Gasteiger partial charge in [0.05, 0.1) is 22.2 Å². The molecule has 1 heterocycles. The maximum atomic E-state index is 12.2. The van der Waals surface area contributed by atoms with E-state index in [0.29, 0.717) is 5.92 Å². The summed E-state index contributed by atoms with van der Waals surface area (Å²) in [6, 6.07) is 7.75. The first-order chi connectivity index (χ1) is 11.0. The number of amides is 1. The average molecular weight is 332 g/mol. The fraction of sp³-hybridized carbons (Fsp3) is 0.471. The van der Waals surface area contributed by atoms with Gasteiger partial charge in [-0.2, -0.15) is 0 Å². The zero-order valence-corrected chi connectivity index (χ0v) is 14.3. The fourth-order valence-electron chi connectivity index (χ4n) is 2.44. The number of aromatic nitrogens is 1. The zero-order chi connectivity index (χ0) is 16.6. The van der Waals surface area contributed by atoms with Gasteiger partial charge in [-0.3, -0.25) is 9.59 Å². The summed E-state index contributed by atoms with van der Waals surface area (Å²) in [6.07, 6.45) is 0.866. The van der Waals surface area contributed by atoms with Crippen molar-refractivity contribution in [1.82, 2.24) is 9.88 Å². The highest BCUT2D eigenvalue weighted by atomic mass is 32.1. The molecule has 1 fully saturated rings. The van der Waals surface area contributed by atoms with E-state index in [1.807, 2.05) is 38.1 Å². The number of ether oxygens (including phenoxy) is 1. The lowest BCUT2D eigenvalue weighted by molar-refractivity contribution is -0.153. The number of rotatable bonds is 5. The molecule has 0 bridgehead atoms. The lowest BCUT2D eigenvalue weighted by Gasteiger charge is -2.23. The molecule has 1 aliphatic rings. The van der Waals surface area contributed by atoms with Gasteiger partial charge in [0, 0.05) is 7.05 Å². The summed E-state index contributed by atoms with van der Waals surface area (Å²) >= 11 is 1.58. The van der Waals surface area contributed by atoms with E-state index in [4.69, 9.17) is 4.74 Å². The monoisotopic (exact) mass is 332 g/mol. The van der Waals surface area contributed by atoms with Crippen molar-refractivity contribution in [2.75, 3.05) is 13.7 Å². The lowest BCUT2D eigenvalue weighted by atomic mass is 10.3. The Kier molecular flexibility index (Phi) is 4.35. The summed E-state index contributed by atoms with van der Waals surface area (Å²) in [5.74, 6) is -0.0999. The molecule has 0 aliphatic heterocycles. The van der Waals surface area contributed by atoms with E-state index < -0.39 is 0 Å². The van der Waals surface area contributed by atoms with Gasteiger partial charge in [-0.15, -0.1) is 11.3 Å². The molecule has 0 N–H and O–H groups in total. The molecule has 6 heteroatoms. The normalized spacial score (nSPS) is 21.0. The minimum atomic E-state index is -0.258. The van der Waals surface area contributed by atoms with Crippen LogP contribution in [0, 0.1) is 11.8 Å². The number of carbonyl (C=O) groups excluding carboxylic acids is 2. The summed E-state index contributed by atoms with van der Waals surface area (Å²) in [5.41, 5.74) is 0.939. The standard InChI is InChI=1S/C17H20N2O3S/c1-10-8-12(10)17(21)22-9-15(20)19(3)11(2)16-18-13-6-4-5-7-14(13)23-16/h4-7,10-12H,8-9H2,1-3H3/t10-,11+,12+/m1/s1. The Labute approximate surface area is 139 Å². The average Bonchev–Trinajstić information content (AvgIpc) is 3.12. The van der Waals surface area contributed by atoms with Crippen molar-refractivity contribution in [1.29, 1.82) is 0 Å². The largest absolute Gasteiger partial charge is 0.455 e. The van der Waals surface area contributed by atoms with E-state index in [0.717, 1.165) is 21.6 Å². The number of hydrogen-bond donors (Lipinski definition) is 0. The highest BCUT2D eigenvalue weighted by Crippen LogP contribution is 2.38. The molecule has 1 amide bonds. The maximum Gasteiger partial charge on any atom is 0.309 e. The Morgan fingerprint density at radius 1 is 1.43 bits per heavy atom. The van der Waals surface area contributed by atoms with Gasteiger partial charge >= 0.3 is 5.97 Å². The van der Waals surface area contributed by atoms with Crippen molar-refractivity contribution in [3.63, 3.8) is 0 Å². The lowest BCUT2D eigenvalue weighted by Crippen LogP contribution is -2.33. The summed E-state index contributed by atoms with van der Waals surface area (Å²) < 4.78 is 6.22. The topological polar surface area (TPSA) is 59.5 Å². The molecule has 0 spiro atoms.